The number of allylic oxidation sites excluding steroid dienone is 2. The maximum absolute atomic E-state index is 12.0. The zero-order valence-electron chi connectivity index (χ0n) is 7.67. The van der Waals surface area contributed by atoms with E-state index in [0.29, 0.717) is 0 Å². The Morgan fingerprint density at radius 1 is 1.13 bits per heavy atom. The number of carbonyl (C=O) groups is 1. The molecule has 0 amide bonds. The summed E-state index contributed by atoms with van der Waals surface area (Å²) in [5.41, 5.74) is -2.14. The largest absolute Gasteiger partial charge is 0.419 e. The van der Waals surface area contributed by atoms with E-state index < -0.39 is 36.2 Å². The van der Waals surface area contributed by atoms with E-state index >= 15 is 0 Å². The molecule has 0 aromatic rings. The molecule has 0 atom stereocenters. The average Bonchev–Trinajstić information content (AvgIpc) is 1.97. The lowest BCUT2D eigenvalue weighted by Crippen LogP contribution is -2.22. The van der Waals surface area contributed by atoms with Crippen molar-refractivity contribution in [2.75, 3.05) is 0 Å². The summed E-state index contributed by atoms with van der Waals surface area (Å²) in [7, 11) is 0. The third kappa shape index (κ3) is 5.44. The Kier molecular flexibility index (Phi) is 4.36. The van der Waals surface area contributed by atoms with Crippen LogP contribution in [0.25, 0.3) is 0 Å². The highest BCUT2D eigenvalue weighted by Crippen LogP contribution is 2.31. The minimum absolute atomic E-state index is 0.0596. The predicted octanol–water partition coefficient (Wildman–Crippen LogP) is 3.41. The maximum atomic E-state index is 12.0. The highest BCUT2D eigenvalue weighted by Gasteiger charge is 2.41. The summed E-state index contributed by atoms with van der Waals surface area (Å²) < 4.78 is 71.2. The van der Waals surface area contributed by atoms with E-state index in [1.54, 1.807) is 0 Å². The number of Topliss-reactive ketones (excluding diaryl/α,β-unsaturated/α-hetero) is 1. The number of hydrogen-bond acceptors (Lipinski definition) is 1. The van der Waals surface area contributed by atoms with Crippen LogP contribution in [0.15, 0.2) is 11.6 Å². The van der Waals surface area contributed by atoms with Crippen LogP contribution in [-0.2, 0) is 4.79 Å². The molecule has 0 rings (SSSR count). The van der Waals surface area contributed by atoms with Crippen LogP contribution >= 0.6 is 0 Å². The number of ketones is 1. The van der Waals surface area contributed by atoms with Crippen molar-refractivity contribution in [1.82, 2.24) is 0 Å². The Hall–Kier alpha value is -1.01. The number of hydrogen-bond donors (Lipinski definition) is 0. The van der Waals surface area contributed by atoms with Gasteiger partial charge in [0.25, 0.3) is 0 Å². The minimum Gasteiger partial charge on any atom is -0.294 e. The van der Waals surface area contributed by atoms with Crippen molar-refractivity contribution in [2.24, 2.45) is 0 Å². The molecule has 0 aromatic heterocycles. The Labute approximate surface area is 81.8 Å². The lowest BCUT2D eigenvalue weighted by molar-refractivity contribution is -0.133. The standard InChI is InChI=1S/C8H8F6O/c1-2-3-6(15)5(8(12,13)14)4-7(9,10)11/h4H,2-3H2,1H3/b5-4+. The third-order valence-electron chi connectivity index (χ3n) is 1.39. The van der Waals surface area contributed by atoms with Gasteiger partial charge in [-0.25, -0.2) is 0 Å². The first-order chi connectivity index (χ1) is 6.58. The quantitative estimate of drug-likeness (QED) is 0.540. The molecule has 0 aliphatic heterocycles. The molecule has 7 heteroatoms. The van der Waals surface area contributed by atoms with Crippen LogP contribution in [0.5, 0.6) is 0 Å². The molecule has 0 saturated heterocycles. The first-order valence-corrected chi connectivity index (χ1v) is 3.98. The van der Waals surface area contributed by atoms with Crippen molar-refractivity contribution < 1.29 is 31.1 Å². The summed E-state index contributed by atoms with van der Waals surface area (Å²) in [6.07, 6.45) is -11.9. The molecule has 0 saturated carbocycles. The Balaban J connectivity index is 5.09. The molecular weight excluding hydrogens is 226 g/mol. The van der Waals surface area contributed by atoms with Gasteiger partial charge in [0, 0.05) is 12.5 Å². The molecule has 0 heterocycles. The summed E-state index contributed by atoms with van der Waals surface area (Å²) in [6.45, 7) is 1.40. The van der Waals surface area contributed by atoms with Gasteiger partial charge in [-0.3, -0.25) is 4.79 Å². The second kappa shape index (κ2) is 4.67. The second-order valence-corrected chi connectivity index (χ2v) is 2.77. The zero-order chi connectivity index (χ0) is 12.3. The molecule has 15 heavy (non-hydrogen) atoms. The number of halogens is 6. The molecule has 1 nitrogen and oxygen atoms in total. The molecule has 0 aromatic carbocycles. The van der Waals surface area contributed by atoms with Crippen LogP contribution in [0.4, 0.5) is 26.3 Å². The minimum atomic E-state index is -5.26. The van der Waals surface area contributed by atoms with Gasteiger partial charge in [-0.15, -0.1) is 0 Å². The maximum Gasteiger partial charge on any atom is 0.419 e. The van der Waals surface area contributed by atoms with E-state index in [2.05, 4.69) is 0 Å². The number of rotatable bonds is 3. The highest BCUT2D eigenvalue weighted by atomic mass is 19.4. The average molecular weight is 234 g/mol. The van der Waals surface area contributed by atoms with Gasteiger partial charge < -0.3 is 0 Å². The summed E-state index contributed by atoms with van der Waals surface area (Å²) >= 11 is 0. The van der Waals surface area contributed by atoms with E-state index in [4.69, 9.17) is 0 Å². The fourth-order valence-electron chi connectivity index (χ4n) is 0.846. The van der Waals surface area contributed by atoms with Gasteiger partial charge in [-0.1, -0.05) is 6.92 Å². The van der Waals surface area contributed by atoms with Crippen LogP contribution in [0, 0.1) is 0 Å². The van der Waals surface area contributed by atoms with Gasteiger partial charge >= 0.3 is 12.4 Å². The fraction of sp³-hybridized carbons (Fsp3) is 0.625. The van der Waals surface area contributed by atoms with Crippen LogP contribution in [0.2, 0.25) is 0 Å². The van der Waals surface area contributed by atoms with E-state index in [0.717, 1.165) is 0 Å². The van der Waals surface area contributed by atoms with Gasteiger partial charge in [0.1, 0.15) is 5.57 Å². The van der Waals surface area contributed by atoms with E-state index in [9.17, 15) is 31.1 Å². The third-order valence-corrected chi connectivity index (χ3v) is 1.39. The predicted molar refractivity (Wildman–Crippen MR) is 40.1 cm³/mol. The Morgan fingerprint density at radius 3 is 1.87 bits per heavy atom. The van der Waals surface area contributed by atoms with E-state index in [1.807, 2.05) is 0 Å². The van der Waals surface area contributed by atoms with Crippen molar-refractivity contribution in [1.29, 1.82) is 0 Å². The van der Waals surface area contributed by atoms with E-state index in [-0.39, 0.29) is 6.42 Å². The summed E-state index contributed by atoms with van der Waals surface area (Å²) in [5, 5.41) is 0. The van der Waals surface area contributed by atoms with Crippen molar-refractivity contribution in [3.05, 3.63) is 11.6 Å². The first-order valence-electron chi connectivity index (χ1n) is 3.98. The molecule has 88 valence electrons. The molecule has 0 unspecified atom stereocenters. The molecule has 0 aliphatic carbocycles. The first kappa shape index (κ1) is 14.0. The van der Waals surface area contributed by atoms with Crippen LogP contribution in [-0.4, -0.2) is 18.1 Å². The monoisotopic (exact) mass is 234 g/mol. The summed E-state index contributed by atoms with van der Waals surface area (Å²) in [6, 6.07) is 0. The molecular formula is C8H8F6O. The van der Waals surface area contributed by atoms with Crippen molar-refractivity contribution in [3.63, 3.8) is 0 Å². The van der Waals surface area contributed by atoms with Gasteiger partial charge in [0.2, 0.25) is 0 Å². The second-order valence-electron chi connectivity index (χ2n) is 2.77. The van der Waals surface area contributed by atoms with Crippen molar-refractivity contribution in [3.8, 4) is 0 Å². The lowest BCUT2D eigenvalue weighted by Gasteiger charge is -2.11. The Morgan fingerprint density at radius 2 is 1.60 bits per heavy atom. The molecule has 0 N–H and O–H groups in total. The summed E-state index contributed by atoms with van der Waals surface area (Å²) in [4.78, 5) is 10.8. The normalized spacial score (nSPS) is 14.2. The lowest BCUT2D eigenvalue weighted by atomic mass is 10.1. The topological polar surface area (TPSA) is 17.1 Å². The van der Waals surface area contributed by atoms with Gasteiger partial charge in [0.15, 0.2) is 5.78 Å². The molecule has 0 radical (unpaired) electrons. The molecule has 0 spiro atoms. The number of alkyl halides is 6. The van der Waals surface area contributed by atoms with Crippen LogP contribution in [0.1, 0.15) is 19.8 Å². The zero-order valence-corrected chi connectivity index (χ0v) is 7.67. The van der Waals surface area contributed by atoms with Gasteiger partial charge in [-0.2, -0.15) is 26.3 Å². The number of carbonyl (C=O) groups excluding carboxylic acids is 1. The van der Waals surface area contributed by atoms with Gasteiger partial charge in [0.05, 0.1) is 0 Å². The highest BCUT2D eigenvalue weighted by molar-refractivity contribution is 5.96. The smallest absolute Gasteiger partial charge is 0.294 e. The molecule has 0 aliphatic rings. The fourth-order valence-corrected chi connectivity index (χ4v) is 0.846. The van der Waals surface area contributed by atoms with Crippen molar-refractivity contribution >= 4 is 5.78 Å². The SMILES string of the molecule is CCCC(=O)/C(=C\C(F)(F)F)C(F)(F)F. The molecule has 0 bridgehead atoms. The van der Waals surface area contributed by atoms with Gasteiger partial charge in [-0.05, 0) is 6.42 Å². The van der Waals surface area contributed by atoms with Crippen LogP contribution < -0.4 is 0 Å². The van der Waals surface area contributed by atoms with Crippen LogP contribution in [0.3, 0.4) is 0 Å². The molecule has 0 fully saturated rings. The van der Waals surface area contributed by atoms with E-state index in [1.165, 1.54) is 6.92 Å². The summed E-state index contributed by atoms with van der Waals surface area (Å²) in [5.74, 6) is -1.54. The van der Waals surface area contributed by atoms with Crippen molar-refractivity contribution in [2.45, 2.75) is 32.1 Å². The Bertz CT molecular complexity index is 259.